The highest BCUT2D eigenvalue weighted by Gasteiger charge is 2.23. The number of nitrogens with zero attached hydrogens (tertiary/aromatic N) is 3. The lowest BCUT2D eigenvalue weighted by Gasteiger charge is -2.34. The van der Waals surface area contributed by atoms with Crippen molar-refractivity contribution in [3.05, 3.63) is 51.4 Å². The average molecular weight is 409 g/mol. The highest BCUT2D eigenvalue weighted by molar-refractivity contribution is 7.16. The van der Waals surface area contributed by atoms with Gasteiger partial charge in [0.25, 0.3) is 0 Å². The molecular formula is C23H28N4OS. The minimum Gasteiger partial charge on any atom is -0.315 e. The summed E-state index contributed by atoms with van der Waals surface area (Å²) in [5, 5.41) is 13.3. The zero-order valence-corrected chi connectivity index (χ0v) is 17.9. The number of hydrogen-bond acceptors (Lipinski definition) is 5. The van der Waals surface area contributed by atoms with Gasteiger partial charge < -0.3 is 5.32 Å². The molecule has 2 aromatic rings. The molecule has 1 aromatic heterocycles. The maximum absolute atomic E-state index is 12.6. The predicted octanol–water partition coefficient (Wildman–Crippen LogP) is 3.56. The molecule has 0 bridgehead atoms. The summed E-state index contributed by atoms with van der Waals surface area (Å²) < 4.78 is 0. The lowest BCUT2D eigenvalue weighted by atomic mass is 9.96. The zero-order valence-electron chi connectivity index (χ0n) is 17.0. The highest BCUT2D eigenvalue weighted by atomic mass is 32.1. The summed E-state index contributed by atoms with van der Waals surface area (Å²) in [5.41, 5.74) is 4.58. The second-order valence-corrected chi connectivity index (χ2v) is 9.16. The number of nitrogens with one attached hydrogen (secondary N) is 1. The molecule has 1 N–H and O–H groups in total. The van der Waals surface area contributed by atoms with Gasteiger partial charge in [0.2, 0.25) is 5.91 Å². The van der Waals surface area contributed by atoms with E-state index in [1.165, 1.54) is 28.0 Å². The number of benzene rings is 1. The maximum atomic E-state index is 12.6. The van der Waals surface area contributed by atoms with Crippen LogP contribution in [0, 0.1) is 18.3 Å². The van der Waals surface area contributed by atoms with Crippen LogP contribution in [0.1, 0.15) is 40.0 Å². The number of carbonyl (C=O) groups excluding carboxylic acids is 1. The second kappa shape index (κ2) is 9.08. The van der Waals surface area contributed by atoms with E-state index in [1.54, 1.807) is 11.3 Å². The van der Waals surface area contributed by atoms with Crippen molar-refractivity contribution in [3.8, 4) is 6.07 Å². The standard InChI is InChI=1S/C23H28N4OS/c1-17-6-2-3-7-18(17)15-26-10-12-27(13-11-26)16-22(28)25-23-20(14-24)19-8-4-5-9-21(19)29-23/h2-3,6-7H,4-5,8-13,15-16H2,1H3,(H,25,28). The lowest BCUT2D eigenvalue weighted by Crippen LogP contribution is -2.48. The molecule has 152 valence electrons. The van der Waals surface area contributed by atoms with E-state index in [-0.39, 0.29) is 5.91 Å². The van der Waals surface area contributed by atoms with Crippen LogP contribution in [-0.4, -0.2) is 48.4 Å². The van der Waals surface area contributed by atoms with Crippen molar-refractivity contribution in [1.82, 2.24) is 9.80 Å². The number of anilines is 1. The molecule has 1 amide bonds. The van der Waals surface area contributed by atoms with Gasteiger partial charge in [0.15, 0.2) is 0 Å². The van der Waals surface area contributed by atoms with E-state index in [9.17, 15) is 10.1 Å². The second-order valence-electron chi connectivity index (χ2n) is 8.05. The van der Waals surface area contributed by atoms with Crippen LogP contribution in [0.5, 0.6) is 0 Å². The molecule has 1 aromatic carbocycles. The Hall–Kier alpha value is -2.20. The summed E-state index contributed by atoms with van der Waals surface area (Å²) in [7, 11) is 0. The predicted molar refractivity (Wildman–Crippen MR) is 117 cm³/mol. The topological polar surface area (TPSA) is 59.4 Å². The first-order chi connectivity index (χ1) is 14.1. The molecular weight excluding hydrogens is 380 g/mol. The molecule has 2 heterocycles. The molecule has 5 nitrogen and oxygen atoms in total. The SMILES string of the molecule is Cc1ccccc1CN1CCN(CC(=O)Nc2sc3c(c2C#N)CCCC3)CC1. The van der Waals surface area contributed by atoms with E-state index in [0.717, 1.165) is 57.0 Å². The number of nitriles is 1. The number of carbonyl (C=O) groups is 1. The van der Waals surface area contributed by atoms with Crippen LogP contribution in [0.15, 0.2) is 24.3 Å². The molecule has 1 aliphatic heterocycles. The molecule has 6 heteroatoms. The van der Waals surface area contributed by atoms with Gasteiger partial charge in [-0.15, -0.1) is 11.3 Å². The molecule has 0 atom stereocenters. The summed E-state index contributed by atoms with van der Waals surface area (Å²) in [6, 6.07) is 10.9. The Morgan fingerprint density at radius 3 is 2.62 bits per heavy atom. The molecule has 0 radical (unpaired) electrons. The molecule has 1 aliphatic carbocycles. The normalized spacial score (nSPS) is 17.5. The van der Waals surface area contributed by atoms with Crippen molar-refractivity contribution in [2.75, 3.05) is 38.0 Å². The third kappa shape index (κ3) is 4.69. The first-order valence-electron chi connectivity index (χ1n) is 10.5. The Morgan fingerprint density at radius 2 is 1.86 bits per heavy atom. The first-order valence-corrected chi connectivity index (χ1v) is 11.3. The van der Waals surface area contributed by atoms with Crippen molar-refractivity contribution >= 4 is 22.2 Å². The minimum atomic E-state index is -0.00699. The van der Waals surface area contributed by atoms with Crippen LogP contribution < -0.4 is 5.32 Å². The Labute approximate surface area is 176 Å². The number of fused-ring (bicyclic) bond motifs is 1. The molecule has 0 spiro atoms. The summed E-state index contributed by atoms with van der Waals surface area (Å²) in [6.45, 7) is 7.26. The van der Waals surface area contributed by atoms with E-state index in [0.29, 0.717) is 12.1 Å². The van der Waals surface area contributed by atoms with E-state index in [2.05, 4.69) is 52.4 Å². The van der Waals surface area contributed by atoms with Gasteiger partial charge in [-0.3, -0.25) is 14.6 Å². The Kier molecular flexibility index (Phi) is 6.29. The Morgan fingerprint density at radius 1 is 1.14 bits per heavy atom. The van der Waals surface area contributed by atoms with E-state index < -0.39 is 0 Å². The van der Waals surface area contributed by atoms with Gasteiger partial charge in [-0.25, -0.2) is 0 Å². The maximum Gasteiger partial charge on any atom is 0.239 e. The van der Waals surface area contributed by atoms with Crippen molar-refractivity contribution in [2.45, 2.75) is 39.2 Å². The fourth-order valence-corrected chi connectivity index (χ4v) is 5.53. The van der Waals surface area contributed by atoms with Crippen molar-refractivity contribution in [1.29, 1.82) is 5.26 Å². The number of piperazine rings is 1. The third-order valence-corrected chi connectivity index (χ3v) is 7.23. The van der Waals surface area contributed by atoms with E-state index in [1.807, 2.05) is 0 Å². The van der Waals surface area contributed by atoms with Gasteiger partial charge in [-0.05, 0) is 49.3 Å². The largest absolute Gasteiger partial charge is 0.315 e. The minimum absolute atomic E-state index is 0.00699. The van der Waals surface area contributed by atoms with E-state index in [4.69, 9.17) is 0 Å². The van der Waals surface area contributed by atoms with Crippen molar-refractivity contribution in [2.24, 2.45) is 0 Å². The van der Waals surface area contributed by atoms with Gasteiger partial charge in [0.05, 0.1) is 12.1 Å². The van der Waals surface area contributed by atoms with Crippen molar-refractivity contribution < 1.29 is 4.79 Å². The fourth-order valence-electron chi connectivity index (χ4n) is 4.28. The van der Waals surface area contributed by atoms with Gasteiger partial charge in [-0.1, -0.05) is 24.3 Å². The van der Waals surface area contributed by atoms with Crippen LogP contribution in [-0.2, 0) is 24.2 Å². The summed E-state index contributed by atoms with van der Waals surface area (Å²) in [6.07, 6.45) is 4.32. The van der Waals surface area contributed by atoms with Crippen LogP contribution in [0.3, 0.4) is 0 Å². The van der Waals surface area contributed by atoms with Gasteiger partial charge in [0, 0.05) is 37.6 Å². The van der Waals surface area contributed by atoms with Crippen LogP contribution in [0.4, 0.5) is 5.00 Å². The number of aryl methyl sites for hydroxylation is 2. The quantitative estimate of drug-likeness (QED) is 0.822. The third-order valence-electron chi connectivity index (χ3n) is 6.02. The smallest absolute Gasteiger partial charge is 0.239 e. The number of amides is 1. The summed E-state index contributed by atoms with van der Waals surface area (Å²) in [5.74, 6) is -0.00699. The van der Waals surface area contributed by atoms with Crippen molar-refractivity contribution in [3.63, 3.8) is 0 Å². The fraction of sp³-hybridized carbons (Fsp3) is 0.478. The average Bonchev–Trinajstić information content (AvgIpc) is 3.08. The van der Waals surface area contributed by atoms with Crippen LogP contribution in [0.25, 0.3) is 0 Å². The highest BCUT2D eigenvalue weighted by Crippen LogP contribution is 2.37. The first kappa shape index (κ1) is 20.1. The van der Waals surface area contributed by atoms with Gasteiger partial charge in [-0.2, -0.15) is 5.26 Å². The molecule has 2 aliphatic rings. The van der Waals surface area contributed by atoms with Crippen LogP contribution in [0.2, 0.25) is 0 Å². The monoisotopic (exact) mass is 408 g/mol. The summed E-state index contributed by atoms with van der Waals surface area (Å²) >= 11 is 1.60. The number of hydrogen-bond donors (Lipinski definition) is 1. The zero-order chi connectivity index (χ0) is 20.2. The number of thiophene rings is 1. The van der Waals surface area contributed by atoms with Gasteiger partial charge >= 0.3 is 0 Å². The molecule has 1 saturated heterocycles. The van der Waals surface area contributed by atoms with Gasteiger partial charge in [0.1, 0.15) is 11.1 Å². The van der Waals surface area contributed by atoms with E-state index >= 15 is 0 Å². The van der Waals surface area contributed by atoms with Crippen LogP contribution >= 0.6 is 11.3 Å². The lowest BCUT2D eigenvalue weighted by molar-refractivity contribution is -0.117. The number of rotatable bonds is 5. The molecule has 1 fully saturated rings. The molecule has 29 heavy (non-hydrogen) atoms. The summed E-state index contributed by atoms with van der Waals surface area (Å²) in [4.78, 5) is 18.6. The molecule has 4 rings (SSSR count). The Bertz CT molecular complexity index is 921. The molecule has 0 saturated carbocycles. The molecule has 0 unspecified atom stereocenters. The Balaban J connectivity index is 1.29.